The average Bonchev–Trinajstić information content (AvgIpc) is 2.75. The predicted molar refractivity (Wildman–Crippen MR) is 71.8 cm³/mol. The van der Waals surface area contributed by atoms with Gasteiger partial charge >= 0.3 is 0 Å². The smallest absolute Gasteiger partial charge is 0.0221 e. The Hall–Kier alpha value is -0.0800. The Balaban J connectivity index is 2.58. The number of likely N-dealkylation sites (tertiary alicyclic amines) is 1. The minimum Gasteiger partial charge on any atom is -0.315 e. The fraction of sp³-hybridized carbons (Fsp3) is 1.00. The molecule has 0 amide bonds. The zero-order chi connectivity index (χ0) is 12.2. The van der Waals surface area contributed by atoms with Gasteiger partial charge in [0, 0.05) is 18.6 Å². The molecule has 1 aliphatic rings. The van der Waals surface area contributed by atoms with E-state index in [4.69, 9.17) is 0 Å². The fourth-order valence-electron chi connectivity index (χ4n) is 3.19. The third kappa shape index (κ3) is 2.78. The monoisotopic (exact) mass is 226 g/mol. The number of likely N-dealkylation sites (N-methyl/N-ethyl adjacent to an activating group) is 1. The summed E-state index contributed by atoms with van der Waals surface area (Å²) >= 11 is 0. The van der Waals surface area contributed by atoms with Gasteiger partial charge in [-0.25, -0.2) is 0 Å². The van der Waals surface area contributed by atoms with E-state index in [9.17, 15) is 0 Å². The van der Waals surface area contributed by atoms with Gasteiger partial charge in [-0.3, -0.25) is 4.90 Å². The summed E-state index contributed by atoms with van der Waals surface area (Å²) in [5.41, 5.74) is 0.611. The van der Waals surface area contributed by atoms with Gasteiger partial charge in [-0.2, -0.15) is 0 Å². The van der Waals surface area contributed by atoms with E-state index in [2.05, 4.69) is 45.0 Å². The van der Waals surface area contributed by atoms with Crippen LogP contribution in [-0.2, 0) is 0 Å². The van der Waals surface area contributed by atoms with Crippen LogP contribution in [0.3, 0.4) is 0 Å². The third-order valence-electron chi connectivity index (χ3n) is 4.94. The Morgan fingerprint density at radius 3 is 2.25 bits per heavy atom. The highest BCUT2D eigenvalue weighted by Crippen LogP contribution is 2.38. The molecule has 96 valence electrons. The van der Waals surface area contributed by atoms with E-state index in [1.165, 1.54) is 38.8 Å². The van der Waals surface area contributed by atoms with Crippen LogP contribution < -0.4 is 5.32 Å². The van der Waals surface area contributed by atoms with E-state index < -0.39 is 0 Å². The van der Waals surface area contributed by atoms with Crippen molar-refractivity contribution in [3.8, 4) is 0 Å². The molecule has 16 heavy (non-hydrogen) atoms. The van der Waals surface area contributed by atoms with Crippen LogP contribution in [0.4, 0.5) is 0 Å². The number of nitrogens with zero attached hydrogens (tertiary/aromatic N) is 1. The summed E-state index contributed by atoms with van der Waals surface area (Å²) in [5, 5.41) is 3.45. The van der Waals surface area contributed by atoms with Crippen molar-refractivity contribution >= 4 is 0 Å². The van der Waals surface area contributed by atoms with Gasteiger partial charge in [0.25, 0.3) is 0 Å². The van der Waals surface area contributed by atoms with Crippen LogP contribution in [0.1, 0.15) is 53.4 Å². The van der Waals surface area contributed by atoms with E-state index in [0.717, 1.165) is 0 Å². The molecule has 1 rings (SSSR count). The molecule has 2 nitrogen and oxygen atoms in total. The Bertz CT molecular complexity index is 195. The first-order valence-electron chi connectivity index (χ1n) is 7.03. The molecule has 0 spiro atoms. The van der Waals surface area contributed by atoms with Gasteiger partial charge in [0.1, 0.15) is 0 Å². The van der Waals surface area contributed by atoms with Crippen molar-refractivity contribution in [2.75, 3.05) is 20.1 Å². The largest absolute Gasteiger partial charge is 0.315 e. The first-order chi connectivity index (χ1) is 7.62. The molecular weight excluding hydrogens is 196 g/mol. The lowest BCUT2D eigenvalue weighted by atomic mass is 9.82. The van der Waals surface area contributed by atoms with E-state index >= 15 is 0 Å². The highest BCUT2D eigenvalue weighted by Gasteiger charge is 2.37. The van der Waals surface area contributed by atoms with Crippen molar-refractivity contribution < 1.29 is 0 Å². The van der Waals surface area contributed by atoms with Gasteiger partial charge in [0.2, 0.25) is 0 Å². The molecule has 0 aliphatic carbocycles. The first kappa shape index (κ1) is 14.0. The molecule has 1 aliphatic heterocycles. The van der Waals surface area contributed by atoms with Crippen LogP contribution in [0.2, 0.25) is 0 Å². The molecule has 2 atom stereocenters. The van der Waals surface area contributed by atoms with Crippen molar-refractivity contribution in [2.45, 2.75) is 65.5 Å². The Kier molecular flexibility index (Phi) is 5.26. The molecule has 0 bridgehead atoms. The third-order valence-corrected chi connectivity index (χ3v) is 4.94. The Labute approximate surface area is 102 Å². The summed E-state index contributed by atoms with van der Waals surface area (Å²) in [6.45, 7) is 12.0. The minimum atomic E-state index is 0.611. The van der Waals surface area contributed by atoms with Crippen LogP contribution in [0, 0.1) is 5.41 Å². The standard InChI is InChI=1S/C14H30N2/c1-6-13(15-5)12(4)16-10-9-14(7-2,8-3)11-16/h12-13,15H,6-11H2,1-5H3. The number of hydrogen-bond donors (Lipinski definition) is 1. The number of rotatable bonds is 6. The molecular formula is C14H30N2. The summed E-state index contributed by atoms with van der Waals surface area (Å²) in [7, 11) is 2.09. The fourth-order valence-corrected chi connectivity index (χ4v) is 3.19. The van der Waals surface area contributed by atoms with Gasteiger partial charge < -0.3 is 5.32 Å². The highest BCUT2D eigenvalue weighted by atomic mass is 15.2. The highest BCUT2D eigenvalue weighted by molar-refractivity contribution is 4.92. The lowest BCUT2D eigenvalue weighted by molar-refractivity contribution is 0.172. The summed E-state index contributed by atoms with van der Waals surface area (Å²) in [4.78, 5) is 2.69. The van der Waals surface area contributed by atoms with Gasteiger partial charge in [0.15, 0.2) is 0 Å². The van der Waals surface area contributed by atoms with Crippen molar-refractivity contribution in [1.82, 2.24) is 10.2 Å². The zero-order valence-electron chi connectivity index (χ0n) is 11.8. The number of nitrogens with one attached hydrogen (secondary N) is 1. The second-order valence-corrected chi connectivity index (χ2v) is 5.47. The van der Waals surface area contributed by atoms with Crippen LogP contribution in [0.5, 0.6) is 0 Å². The molecule has 1 heterocycles. The van der Waals surface area contributed by atoms with Crippen LogP contribution in [0.25, 0.3) is 0 Å². The average molecular weight is 226 g/mol. The first-order valence-corrected chi connectivity index (χ1v) is 7.03. The second-order valence-electron chi connectivity index (χ2n) is 5.47. The minimum absolute atomic E-state index is 0.611. The molecule has 0 aromatic heterocycles. The van der Waals surface area contributed by atoms with Crippen LogP contribution in [-0.4, -0.2) is 37.1 Å². The molecule has 1 fully saturated rings. The lowest BCUT2D eigenvalue weighted by Gasteiger charge is -2.33. The molecule has 2 heteroatoms. The van der Waals surface area contributed by atoms with Gasteiger partial charge in [-0.05, 0) is 51.6 Å². The zero-order valence-corrected chi connectivity index (χ0v) is 11.8. The Morgan fingerprint density at radius 2 is 1.88 bits per heavy atom. The molecule has 0 aromatic rings. The van der Waals surface area contributed by atoms with Crippen molar-refractivity contribution in [3.63, 3.8) is 0 Å². The summed E-state index contributed by atoms with van der Waals surface area (Å²) < 4.78 is 0. The van der Waals surface area contributed by atoms with Gasteiger partial charge in [-0.1, -0.05) is 20.8 Å². The summed E-state index contributed by atoms with van der Waals surface area (Å²) in [6, 6.07) is 1.32. The van der Waals surface area contributed by atoms with E-state index in [-0.39, 0.29) is 0 Å². The molecule has 2 unspecified atom stereocenters. The van der Waals surface area contributed by atoms with E-state index in [0.29, 0.717) is 17.5 Å². The van der Waals surface area contributed by atoms with Crippen LogP contribution >= 0.6 is 0 Å². The molecule has 0 saturated carbocycles. The predicted octanol–water partition coefficient (Wildman–Crippen LogP) is 2.89. The molecule has 1 N–H and O–H groups in total. The topological polar surface area (TPSA) is 15.3 Å². The SMILES string of the molecule is CCC(NC)C(C)N1CCC(CC)(CC)C1. The number of hydrogen-bond acceptors (Lipinski definition) is 2. The van der Waals surface area contributed by atoms with Crippen molar-refractivity contribution in [3.05, 3.63) is 0 Å². The maximum atomic E-state index is 3.45. The summed E-state index contributed by atoms with van der Waals surface area (Å²) in [5.74, 6) is 0. The maximum Gasteiger partial charge on any atom is 0.0221 e. The van der Waals surface area contributed by atoms with Gasteiger partial charge in [0.05, 0.1) is 0 Å². The van der Waals surface area contributed by atoms with E-state index in [1.807, 2.05) is 0 Å². The van der Waals surface area contributed by atoms with Gasteiger partial charge in [-0.15, -0.1) is 0 Å². The second kappa shape index (κ2) is 6.02. The molecule has 0 aromatic carbocycles. The van der Waals surface area contributed by atoms with Crippen molar-refractivity contribution in [2.24, 2.45) is 5.41 Å². The normalized spacial score (nSPS) is 24.6. The Morgan fingerprint density at radius 1 is 1.25 bits per heavy atom. The van der Waals surface area contributed by atoms with Crippen molar-refractivity contribution in [1.29, 1.82) is 0 Å². The quantitative estimate of drug-likeness (QED) is 0.749. The summed E-state index contributed by atoms with van der Waals surface area (Å²) in [6.07, 6.45) is 5.29. The van der Waals surface area contributed by atoms with Crippen LogP contribution in [0.15, 0.2) is 0 Å². The molecule has 1 saturated heterocycles. The maximum absolute atomic E-state index is 3.45. The van der Waals surface area contributed by atoms with E-state index in [1.54, 1.807) is 0 Å². The molecule has 0 radical (unpaired) electrons. The lowest BCUT2D eigenvalue weighted by Crippen LogP contribution is -2.46.